The number of nitrogens with zero attached hydrogens (tertiary/aromatic N) is 2. The molecule has 0 unspecified atom stereocenters. The highest BCUT2D eigenvalue weighted by Gasteiger charge is 2.31. The van der Waals surface area contributed by atoms with Crippen molar-refractivity contribution < 1.29 is 14.6 Å². The minimum absolute atomic E-state index is 0.0932. The molecule has 1 aliphatic rings. The summed E-state index contributed by atoms with van der Waals surface area (Å²) in [5.41, 5.74) is 5.07. The van der Waals surface area contributed by atoms with Crippen molar-refractivity contribution in [1.82, 2.24) is 4.98 Å². The maximum atomic E-state index is 10.5. The molecule has 2 aromatic carbocycles. The first-order valence-corrected chi connectivity index (χ1v) is 16.4. The fourth-order valence-corrected chi connectivity index (χ4v) is 6.57. The molecule has 232 valence electrons. The summed E-state index contributed by atoms with van der Waals surface area (Å²) >= 11 is 2.12. The summed E-state index contributed by atoms with van der Waals surface area (Å²) in [6, 6.07) is 22.1. The molecule has 4 rings (SSSR count). The number of pyridine rings is 1. The number of terminal acetylenes is 1. The van der Waals surface area contributed by atoms with Crippen molar-refractivity contribution in [1.29, 1.82) is 0 Å². The minimum atomic E-state index is -0.812. The first-order valence-electron chi connectivity index (χ1n) is 15.4. The third-order valence-corrected chi connectivity index (χ3v) is 9.20. The van der Waals surface area contributed by atoms with E-state index in [0.717, 1.165) is 17.1 Å². The lowest BCUT2D eigenvalue weighted by molar-refractivity contribution is -0.136. The number of ether oxygens (including phenoxy) is 1. The molecular formula is C37H50N2O3S. The standard InChI is InChI=1S/C20H33NS.C15H15NO3.C2H2/c1-5-7-12-20(13-8-6-2)14-11-17-15-18(21(3)4)9-10-19(17)22-16-20;17-15(18)10-9-12-5-4-6-13(16-12)11-19-14-7-2-1-3-8-14;1-2/h9-10,15H,5-8,11-14,16H2,1-4H3;1-8H,9-11H2,(H,17,18);1-2H. The van der Waals surface area contributed by atoms with Gasteiger partial charge in [-0.05, 0) is 79.1 Å². The predicted octanol–water partition coefficient (Wildman–Crippen LogP) is 9.08. The van der Waals surface area contributed by atoms with Crippen LogP contribution in [0.3, 0.4) is 0 Å². The van der Waals surface area contributed by atoms with Crippen molar-refractivity contribution >= 4 is 23.4 Å². The summed E-state index contributed by atoms with van der Waals surface area (Å²) in [6.45, 7) is 5.04. The highest BCUT2D eigenvalue weighted by atomic mass is 32.2. The van der Waals surface area contributed by atoms with E-state index in [0.29, 0.717) is 18.4 Å². The van der Waals surface area contributed by atoms with E-state index >= 15 is 0 Å². The number of rotatable bonds is 13. The van der Waals surface area contributed by atoms with Crippen LogP contribution in [0.1, 0.15) is 82.2 Å². The van der Waals surface area contributed by atoms with Gasteiger partial charge in [-0.1, -0.05) is 63.8 Å². The topological polar surface area (TPSA) is 62.7 Å². The minimum Gasteiger partial charge on any atom is -0.487 e. The van der Waals surface area contributed by atoms with Gasteiger partial charge in [0.25, 0.3) is 0 Å². The van der Waals surface area contributed by atoms with Crippen molar-refractivity contribution in [2.45, 2.75) is 89.6 Å². The molecule has 0 saturated heterocycles. The zero-order valence-electron chi connectivity index (χ0n) is 26.6. The largest absolute Gasteiger partial charge is 0.487 e. The molecule has 0 fully saturated rings. The Morgan fingerprint density at radius 2 is 1.65 bits per heavy atom. The number of anilines is 1. The van der Waals surface area contributed by atoms with Crippen LogP contribution in [0, 0.1) is 18.3 Å². The van der Waals surface area contributed by atoms with E-state index in [1.54, 1.807) is 5.56 Å². The number of carboxylic acids is 1. The van der Waals surface area contributed by atoms with Crippen molar-refractivity contribution in [3.05, 3.63) is 83.7 Å². The van der Waals surface area contributed by atoms with Gasteiger partial charge in [0.15, 0.2) is 0 Å². The van der Waals surface area contributed by atoms with Crippen molar-refractivity contribution in [3.63, 3.8) is 0 Å². The van der Waals surface area contributed by atoms with Crippen LogP contribution in [0.5, 0.6) is 5.75 Å². The summed E-state index contributed by atoms with van der Waals surface area (Å²) in [5.74, 6) is 1.30. The Hall–Kier alpha value is -3.43. The van der Waals surface area contributed by atoms with Gasteiger partial charge in [0, 0.05) is 42.5 Å². The molecule has 0 spiro atoms. The number of benzene rings is 2. The highest BCUT2D eigenvalue weighted by molar-refractivity contribution is 7.99. The molecule has 5 nitrogen and oxygen atoms in total. The van der Waals surface area contributed by atoms with Gasteiger partial charge < -0.3 is 14.7 Å². The first kappa shape index (κ1) is 35.8. The van der Waals surface area contributed by atoms with Gasteiger partial charge in [0.05, 0.1) is 12.1 Å². The van der Waals surface area contributed by atoms with Crippen LogP contribution in [-0.2, 0) is 24.2 Å². The molecule has 43 heavy (non-hydrogen) atoms. The maximum absolute atomic E-state index is 10.5. The Morgan fingerprint density at radius 3 is 2.28 bits per heavy atom. The molecular weight excluding hydrogens is 552 g/mol. The van der Waals surface area contributed by atoms with Crippen LogP contribution in [0.25, 0.3) is 0 Å². The number of aliphatic carboxylic acids is 1. The molecule has 1 aromatic heterocycles. The lowest BCUT2D eigenvalue weighted by Gasteiger charge is -2.32. The second-order valence-electron chi connectivity index (χ2n) is 11.3. The van der Waals surface area contributed by atoms with Crippen molar-refractivity contribution in [3.8, 4) is 18.6 Å². The number of thioether (sulfide) groups is 1. The second-order valence-corrected chi connectivity index (χ2v) is 12.3. The van der Waals surface area contributed by atoms with Crippen LogP contribution in [-0.4, -0.2) is 35.9 Å². The number of unbranched alkanes of at least 4 members (excludes halogenated alkanes) is 2. The van der Waals surface area contributed by atoms with E-state index in [2.05, 4.69) is 80.6 Å². The van der Waals surface area contributed by atoms with Gasteiger partial charge in [-0.3, -0.25) is 9.78 Å². The van der Waals surface area contributed by atoms with E-state index in [-0.39, 0.29) is 6.42 Å². The highest BCUT2D eigenvalue weighted by Crippen LogP contribution is 2.45. The number of aryl methyl sites for hydroxylation is 2. The monoisotopic (exact) mass is 602 g/mol. The fourth-order valence-electron chi connectivity index (χ4n) is 5.16. The molecule has 0 radical (unpaired) electrons. The number of para-hydroxylation sites is 1. The molecule has 0 aliphatic carbocycles. The smallest absolute Gasteiger partial charge is 0.303 e. The van der Waals surface area contributed by atoms with Crippen LogP contribution in [0.4, 0.5) is 5.69 Å². The van der Waals surface area contributed by atoms with Gasteiger partial charge in [-0.25, -0.2) is 0 Å². The molecule has 1 N–H and O–H groups in total. The molecule has 0 amide bonds. The van der Waals surface area contributed by atoms with Crippen molar-refractivity contribution in [2.75, 3.05) is 24.7 Å². The third-order valence-electron chi connectivity index (χ3n) is 7.73. The Balaban J connectivity index is 0.000000286. The first-order chi connectivity index (χ1) is 20.8. The number of hydrogen-bond acceptors (Lipinski definition) is 5. The van der Waals surface area contributed by atoms with Crippen LogP contribution in [0.15, 0.2) is 71.6 Å². The molecule has 1 aliphatic heterocycles. The van der Waals surface area contributed by atoms with Gasteiger partial charge in [0.1, 0.15) is 12.4 Å². The Kier molecular flexibility index (Phi) is 16.4. The summed E-state index contributed by atoms with van der Waals surface area (Å²) in [6.07, 6.45) is 19.5. The molecule has 0 atom stereocenters. The van der Waals surface area contributed by atoms with Gasteiger partial charge in [-0.2, -0.15) is 0 Å². The number of hydrogen-bond donors (Lipinski definition) is 1. The predicted molar refractivity (Wildman–Crippen MR) is 182 cm³/mol. The fraction of sp³-hybridized carbons (Fsp3) is 0.459. The summed E-state index contributed by atoms with van der Waals surface area (Å²) in [4.78, 5) is 18.6. The van der Waals surface area contributed by atoms with Crippen LogP contribution >= 0.6 is 11.8 Å². The third kappa shape index (κ3) is 12.8. The van der Waals surface area contributed by atoms with E-state index in [9.17, 15) is 4.79 Å². The van der Waals surface area contributed by atoms with Gasteiger partial charge >= 0.3 is 5.97 Å². The molecule has 0 saturated carbocycles. The molecule has 2 heterocycles. The Labute approximate surface area is 264 Å². The van der Waals surface area contributed by atoms with E-state index < -0.39 is 5.97 Å². The Morgan fingerprint density at radius 1 is 0.977 bits per heavy atom. The quantitative estimate of drug-likeness (QED) is 0.197. The van der Waals surface area contributed by atoms with Crippen molar-refractivity contribution in [2.24, 2.45) is 5.41 Å². The van der Waals surface area contributed by atoms with Crippen LogP contribution < -0.4 is 9.64 Å². The summed E-state index contributed by atoms with van der Waals surface area (Å²) in [5, 5.41) is 8.64. The zero-order chi connectivity index (χ0) is 31.5. The molecule has 6 heteroatoms. The molecule has 0 bridgehead atoms. The average molecular weight is 603 g/mol. The molecule has 3 aromatic rings. The van der Waals surface area contributed by atoms with Gasteiger partial charge in [-0.15, -0.1) is 24.6 Å². The number of carbonyl (C=O) groups is 1. The van der Waals surface area contributed by atoms with Crippen LogP contribution in [0.2, 0.25) is 0 Å². The number of aromatic nitrogens is 1. The van der Waals surface area contributed by atoms with Gasteiger partial charge in [0.2, 0.25) is 0 Å². The maximum Gasteiger partial charge on any atom is 0.303 e. The van der Waals surface area contributed by atoms with E-state index in [4.69, 9.17) is 9.84 Å². The lowest BCUT2D eigenvalue weighted by Crippen LogP contribution is -2.24. The second kappa shape index (κ2) is 19.7. The summed E-state index contributed by atoms with van der Waals surface area (Å²) in [7, 11) is 4.27. The van der Waals surface area contributed by atoms with E-state index in [1.807, 2.05) is 48.5 Å². The summed E-state index contributed by atoms with van der Waals surface area (Å²) < 4.78 is 5.59. The number of carboxylic acid groups (broad SMARTS) is 1. The Bertz CT molecular complexity index is 1230. The lowest BCUT2D eigenvalue weighted by atomic mass is 9.75. The zero-order valence-corrected chi connectivity index (χ0v) is 27.4. The SMILES string of the molecule is C#C.CCCCC1(CCCC)CCc2cc(N(C)C)ccc2SC1.O=C(O)CCc1cccc(COc2ccccc2)n1. The number of fused-ring (bicyclic) bond motifs is 1. The average Bonchev–Trinajstić information content (AvgIpc) is 3.22. The van der Waals surface area contributed by atoms with E-state index in [1.165, 1.54) is 67.7 Å². The normalized spacial score (nSPS) is 13.2.